The maximum Gasteiger partial charge on any atom is 0.275 e. The minimum Gasteiger partial charge on any atom is -0.348 e. The van der Waals surface area contributed by atoms with Crippen LogP contribution in [-0.2, 0) is 4.79 Å². The van der Waals surface area contributed by atoms with Gasteiger partial charge in [-0.25, -0.2) is 0 Å². The fourth-order valence-corrected chi connectivity index (χ4v) is 3.53. The number of hydrogen-bond donors (Lipinski definition) is 2. The lowest BCUT2D eigenvalue weighted by molar-refractivity contribution is -0.682. The molecule has 3 atom stereocenters. The van der Waals surface area contributed by atoms with E-state index in [4.69, 9.17) is 0 Å². The average Bonchev–Trinajstić information content (AvgIpc) is 2.93. The number of quaternary nitrogens is 1. The molecular formula is C15H25N2OS+. The standard InChI is InChI=1S/C15H24N2OS/c1-11-6-3-4-7-13(11)17-15(18)10-16-12(2)14-8-5-9-19-14/h5,8-9,11-13,16H,3-4,6-7,10H2,1-2H3,(H,17,18)/p+1/t11-,12+,13-/m1/s1. The zero-order valence-corrected chi connectivity index (χ0v) is 12.7. The molecule has 1 aliphatic rings. The van der Waals surface area contributed by atoms with Crippen molar-refractivity contribution in [2.75, 3.05) is 6.54 Å². The first-order valence-corrected chi connectivity index (χ1v) is 8.21. The van der Waals surface area contributed by atoms with Crippen molar-refractivity contribution >= 4 is 17.2 Å². The highest BCUT2D eigenvalue weighted by molar-refractivity contribution is 7.10. The molecule has 0 radical (unpaired) electrons. The van der Waals surface area contributed by atoms with E-state index in [-0.39, 0.29) is 5.91 Å². The van der Waals surface area contributed by atoms with Crippen LogP contribution in [0.5, 0.6) is 0 Å². The monoisotopic (exact) mass is 281 g/mol. The number of rotatable bonds is 5. The van der Waals surface area contributed by atoms with Gasteiger partial charge in [0.1, 0.15) is 6.04 Å². The van der Waals surface area contributed by atoms with Gasteiger partial charge in [0.2, 0.25) is 0 Å². The minimum absolute atomic E-state index is 0.183. The molecule has 0 aromatic carbocycles. The molecule has 1 saturated carbocycles. The second-order valence-corrected chi connectivity index (χ2v) is 6.66. The van der Waals surface area contributed by atoms with Crippen molar-refractivity contribution in [1.29, 1.82) is 0 Å². The molecule has 0 aliphatic heterocycles. The first-order valence-electron chi connectivity index (χ1n) is 7.33. The van der Waals surface area contributed by atoms with Gasteiger partial charge >= 0.3 is 0 Å². The molecule has 0 saturated heterocycles. The van der Waals surface area contributed by atoms with Gasteiger partial charge in [0.15, 0.2) is 6.54 Å². The Bertz CT molecular complexity index is 391. The Morgan fingerprint density at radius 1 is 1.53 bits per heavy atom. The molecule has 1 heterocycles. The highest BCUT2D eigenvalue weighted by Crippen LogP contribution is 2.23. The Balaban J connectivity index is 1.72. The number of nitrogens with one attached hydrogen (secondary N) is 1. The van der Waals surface area contributed by atoms with Crippen molar-refractivity contribution in [3.05, 3.63) is 22.4 Å². The zero-order valence-electron chi connectivity index (χ0n) is 11.9. The summed E-state index contributed by atoms with van der Waals surface area (Å²) >= 11 is 1.76. The second-order valence-electron chi connectivity index (χ2n) is 5.68. The third kappa shape index (κ3) is 4.32. The molecule has 1 aliphatic carbocycles. The van der Waals surface area contributed by atoms with Crippen LogP contribution in [0.15, 0.2) is 17.5 Å². The molecule has 1 amide bonds. The van der Waals surface area contributed by atoms with Crippen LogP contribution in [0.2, 0.25) is 0 Å². The lowest BCUT2D eigenvalue weighted by Crippen LogP contribution is -2.87. The van der Waals surface area contributed by atoms with Gasteiger partial charge in [-0.05, 0) is 37.1 Å². The van der Waals surface area contributed by atoms with E-state index in [1.165, 1.54) is 24.1 Å². The number of amides is 1. The quantitative estimate of drug-likeness (QED) is 0.852. The van der Waals surface area contributed by atoms with Crippen molar-refractivity contribution in [2.45, 2.75) is 51.6 Å². The molecule has 19 heavy (non-hydrogen) atoms. The summed E-state index contributed by atoms with van der Waals surface area (Å²) in [5.41, 5.74) is 0. The van der Waals surface area contributed by atoms with E-state index in [0.29, 0.717) is 24.5 Å². The van der Waals surface area contributed by atoms with Crippen molar-refractivity contribution < 1.29 is 10.1 Å². The summed E-state index contributed by atoms with van der Waals surface area (Å²) in [5.74, 6) is 0.814. The van der Waals surface area contributed by atoms with Crippen molar-refractivity contribution in [1.82, 2.24) is 5.32 Å². The molecule has 1 aromatic rings. The van der Waals surface area contributed by atoms with Crippen LogP contribution in [0.25, 0.3) is 0 Å². The zero-order chi connectivity index (χ0) is 13.7. The van der Waals surface area contributed by atoms with E-state index < -0.39 is 0 Å². The van der Waals surface area contributed by atoms with E-state index in [1.54, 1.807) is 11.3 Å². The summed E-state index contributed by atoms with van der Waals surface area (Å²) in [5, 5.41) is 7.41. The molecule has 3 N–H and O–H groups in total. The third-order valence-electron chi connectivity index (χ3n) is 4.11. The van der Waals surface area contributed by atoms with Gasteiger partial charge in [-0.2, -0.15) is 0 Å². The number of nitrogens with two attached hydrogens (primary N) is 1. The predicted octanol–water partition coefficient (Wildman–Crippen LogP) is 2.07. The van der Waals surface area contributed by atoms with Crippen LogP contribution in [0.3, 0.4) is 0 Å². The fraction of sp³-hybridized carbons (Fsp3) is 0.667. The fourth-order valence-electron chi connectivity index (χ4n) is 2.75. The molecule has 0 spiro atoms. The summed E-state index contributed by atoms with van der Waals surface area (Å²) in [7, 11) is 0. The van der Waals surface area contributed by atoms with E-state index in [9.17, 15) is 4.79 Å². The largest absolute Gasteiger partial charge is 0.348 e. The van der Waals surface area contributed by atoms with Crippen molar-refractivity contribution in [3.8, 4) is 0 Å². The van der Waals surface area contributed by atoms with Gasteiger partial charge in [0.25, 0.3) is 5.91 Å². The van der Waals surface area contributed by atoms with Crippen molar-refractivity contribution in [3.63, 3.8) is 0 Å². The Morgan fingerprint density at radius 2 is 2.32 bits per heavy atom. The van der Waals surface area contributed by atoms with Crippen molar-refractivity contribution in [2.24, 2.45) is 5.92 Å². The highest BCUT2D eigenvalue weighted by Gasteiger charge is 2.23. The summed E-state index contributed by atoms with van der Waals surface area (Å²) in [6.07, 6.45) is 4.97. The maximum absolute atomic E-state index is 12.0. The third-order valence-corrected chi connectivity index (χ3v) is 5.18. The molecule has 4 heteroatoms. The van der Waals surface area contributed by atoms with Gasteiger partial charge in [0.05, 0.1) is 4.88 Å². The molecular weight excluding hydrogens is 256 g/mol. The van der Waals surface area contributed by atoms with Crippen LogP contribution < -0.4 is 10.6 Å². The van der Waals surface area contributed by atoms with Gasteiger partial charge in [-0.1, -0.05) is 25.8 Å². The molecule has 2 rings (SSSR count). The molecule has 0 bridgehead atoms. The first-order chi connectivity index (χ1) is 9.16. The lowest BCUT2D eigenvalue weighted by Gasteiger charge is -2.29. The number of carbonyl (C=O) groups is 1. The Hall–Kier alpha value is -0.870. The summed E-state index contributed by atoms with van der Waals surface area (Å²) in [6, 6.07) is 4.96. The van der Waals surface area contributed by atoms with Crippen LogP contribution in [0.4, 0.5) is 0 Å². The Morgan fingerprint density at radius 3 is 3.00 bits per heavy atom. The first kappa shape index (κ1) is 14.5. The van der Waals surface area contributed by atoms with E-state index in [2.05, 4.69) is 42.0 Å². The number of carbonyl (C=O) groups excluding carboxylic acids is 1. The van der Waals surface area contributed by atoms with Crippen LogP contribution >= 0.6 is 11.3 Å². The Labute approximate surface area is 119 Å². The molecule has 0 unspecified atom stereocenters. The second kappa shape index (κ2) is 7.06. The topological polar surface area (TPSA) is 45.7 Å². The molecule has 106 valence electrons. The molecule has 1 fully saturated rings. The summed E-state index contributed by atoms with van der Waals surface area (Å²) < 4.78 is 0. The van der Waals surface area contributed by atoms with E-state index >= 15 is 0 Å². The normalized spacial score (nSPS) is 24.9. The minimum atomic E-state index is 0.183. The summed E-state index contributed by atoms with van der Waals surface area (Å²) in [6.45, 7) is 4.94. The molecule has 1 aromatic heterocycles. The molecule has 3 nitrogen and oxygen atoms in total. The highest BCUT2D eigenvalue weighted by atomic mass is 32.1. The van der Waals surface area contributed by atoms with Gasteiger partial charge in [-0.3, -0.25) is 4.79 Å². The van der Waals surface area contributed by atoms with Crippen LogP contribution in [0, 0.1) is 5.92 Å². The van der Waals surface area contributed by atoms with Gasteiger partial charge < -0.3 is 10.6 Å². The van der Waals surface area contributed by atoms with E-state index in [0.717, 1.165) is 6.42 Å². The van der Waals surface area contributed by atoms with Gasteiger partial charge in [-0.15, -0.1) is 11.3 Å². The smallest absolute Gasteiger partial charge is 0.275 e. The van der Waals surface area contributed by atoms with Crippen LogP contribution in [-0.4, -0.2) is 18.5 Å². The average molecular weight is 281 g/mol. The number of thiophene rings is 1. The predicted molar refractivity (Wildman–Crippen MR) is 79.1 cm³/mol. The number of hydrogen-bond acceptors (Lipinski definition) is 2. The van der Waals surface area contributed by atoms with Crippen LogP contribution in [0.1, 0.15) is 50.4 Å². The maximum atomic E-state index is 12.0. The SMILES string of the molecule is C[C@H]([NH2+]CC(=O)N[C@@H]1CCCC[C@H]1C)c1cccs1. The Kier molecular flexibility index (Phi) is 5.40. The van der Waals surface area contributed by atoms with E-state index in [1.807, 2.05) is 0 Å². The summed E-state index contributed by atoms with van der Waals surface area (Å²) in [4.78, 5) is 13.3. The van der Waals surface area contributed by atoms with Gasteiger partial charge in [0, 0.05) is 6.04 Å². The lowest BCUT2D eigenvalue weighted by atomic mass is 9.86.